The van der Waals surface area contributed by atoms with Gasteiger partial charge in [0, 0.05) is 5.56 Å². The summed E-state index contributed by atoms with van der Waals surface area (Å²) in [5.41, 5.74) is 6.44. The number of carbonyl (C=O) groups excluding carboxylic acids is 1. The topological polar surface area (TPSA) is 61.5 Å². The van der Waals surface area contributed by atoms with Crippen LogP contribution in [0.25, 0.3) is 6.08 Å². The number of carbonyl (C=O) groups is 1. The van der Waals surface area contributed by atoms with E-state index in [2.05, 4.69) is 0 Å². The molecule has 1 saturated heterocycles. The van der Waals surface area contributed by atoms with Gasteiger partial charge >= 0.3 is 0 Å². The summed E-state index contributed by atoms with van der Waals surface area (Å²) in [5.74, 6) is 1.04. The number of ketones is 1. The zero-order valence-corrected chi connectivity index (χ0v) is 12.1. The van der Waals surface area contributed by atoms with Crippen molar-refractivity contribution in [1.29, 1.82) is 0 Å². The monoisotopic (exact) mass is 295 g/mol. The van der Waals surface area contributed by atoms with Gasteiger partial charge in [-0.05, 0) is 12.1 Å². The molecule has 2 N–H and O–H groups in total. The number of nitrogens with two attached hydrogens (primary N) is 1. The van der Waals surface area contributed by atoms with Crippen LogP contribution in [0.2, 0.25) is 0 Å². The zero-order valence-electron chi connectivity index (χ0n) is 10.5. The van der Waals surface area contributed by atoms with E-state index in [-0.39, 0.29) is 5.78 Å². The quantitative estimate of drug-likeness (QED) is 0.680. The average Bonchev–Trinajstić information content (AvgIpc) is 2.66. The lowest BCUT2D eigenvalue weighted by atomic mass is 10.1. The van der Waals surface area contributed by atoms with Gasteiger partial charge in [-0.1, -0.05) is 36.1 Å². The lowest BCUT2D eigenvalue weighted by molar-refractivity contribution is -0.114. The Labute approximate surface area is 121 Å². The maximum Gasteiger partial charge on any atom is 0.192 e. The zero-order chi connectivity index (χ0) is 14.0. The van der Waals surface area contributed by atoms with E-state index < -0.39 is 6.04 Å². The third-order valence-electron chi connectivity index (χ3n) is 2.71. The molecule has 1 aliphatic rings. The molecule has 0 saturated carbocycles. The predicted octanol–water partition coefficient (Wildman–Crippen LogP) is 2.02. The molecule has 0 amide bonds. The summed E-state index contributed by atoms with van der Waals surface area (Å²) in [6, 6.07) is 4.77. The van der Waals surface area contributed by atoms with Gasteiger partial charge in [0.2, 0.25) is 0 Å². The summed E-state index contributed by atoms with van der Waals surface area (Å²) in [5, 5.41) is 0. The van der Waals surface area contributed by atoms with Crippen LogP contribution in [0, 0.1) is 0 Å². The molecule has 1 aromatic rings. The summed E-state index contributed by atoms with van der Waals surface area (Å²) >= 11 is 6.27. The van der Waals surface area contributed by atoms with E-state index in [1.54, 1.807) is 26.4 Å². The molecule has 1 aliphatic heterocycles. The number of hydrogen-bond acceptors (Lipinski definition) is 6. The van der Waals surface area contributed by atoms with Crippen LogP contribution in [0.4, 0.5) is 0 Å². The molecule has 0 aliphatic carbocycles. The molecular weight excluding hydrogens is 282 g/mol. The fourth-order valence-corrected chi connectivity index (χ4v) is 2.99. The Hall–Kier alpha value is -1.37. The molecule has 6 heteroatoms. The second-order valence-electron chi connectivity index (χ2n) is 3.85. The van der Waals surface area contributed by atoms with Gasteiger partial charge in [-0.3, -0.25) is 4.79 Å². The highest BCUT2D eigenvalue weighted by Gasteiger charge is 2.32. The second-order valence-corrected chi connectivity index (χ2v) is 5.64. The number of rotatable bonds is 3. The van der Waals surface area contributed by atoms with Crippen molar-refractivity contribution in [1.82, 2.24) is 0 Å². The SMILES string of the molecule is COc1cccc(C=C2SC(=S)C(N)C2=O)c1OC. The molecule has 2 rings (SSSR count). The van der Waals surface area contributed by atoms with Crippen LogP contribution in [-0.4, -0.2) is 30.2 Å². The Balaban J connectivity index is 2.44. The van der Waals surface area contributed by atoms with Gasteiger partial charge in [0.05, 0.1) is 23.3 Å². The molecular formula is C13H13NO3S2. The van der Waals surface area contributed by atoms with Gasteiger partial charge in [0.25, 0.3) is 0 Å². The largest absolute Gasteiger partial charge is 0.493 e. The lowest BCUT2D eigenvalue weighted by Crippen LogP contribution is -2.30. The van der Waals surface area contributed by atoms with Crippen molar-refractivity contribution < 1.29 is 14.3 Å². The van der Waals surface area contributed by atoms with Crippen molar-refractivity contribution in [3.63, 3.8) is 0 Å². The van der Waals surface area contributed by atoms with Crippen molar-refractivity contribution in [2.75, 3.05) is 14.2 Å². The predicted molar refractivity (Wildman–Crippen MR) is 80.7 cm³/mol. The van der Waals surface area contributed by atoms with Gasteiger partial charge in [-0.15, -0.1) is 0 Å². The molecule has 4 nitrogen and oxygen atoms in total. The number of thiocarbonyl (C=S) groups is 1. The standard InChI is InChI=1S/C13H13NO3S2/c1-16-8-5-3-4-7(12(8)17-2)6-9-11(15)10(14)13(18)19-9/h3-6,10H,14H2,1-2H3. The van der Waals surface area contributed by atoms with E-state index >= 15 is 0 Å². The Morgan fingerprint density at radius 2 is 2.11 bits per heavy atom. The summed E-state index contributed by atoms with van der Waals surface area (Å²) in [4.78, 5) is 12.4. The van der Waals surface area contributed by atoms with Gasteiger partial charge in [-0.2, -0.15) is 0 Å². The normalized spacial score (nSPS) is 21.0. The Morgan fingerprint density at radius 3 is 2.63 bits per heavy atom. The summed E-state index contributed by atoms with van der Waals surface area (Å²) in [7, 11) is 3.12. The van der Waals surface area contributed by atoms with E-state index in [1.165, 1.54) is 11.8 Å². The fraction of sp³-hybridized carbons (Fsp3) is 0.231. The van der Waals surface area contributed by atoms with Crippen LogP contribution in [0.3, 0.4) is 0 Å². The van der Waals surface area contributed by atoms with Crippen molar-refractivity contribution in [2.24, 2.45) is 5.73 Å². The molecule has 19 heavy (non-hydrogen) atoms. The first kappa shape index (κ1) is 14.0. The van der Waals surface area contributed by atoms with Crippen LogP contribution in [0.5, 0.6) is 11.5 Å². The molecule has 0 spiro atoms. The Kier molecular flexibility index (Phi) is 4.24. The maximum atomic E-state index is 11.9. The van der Waals surface area contributed by atoms with Gasteiger partial charge < -0.3 is 15.2 Å². The molecule has 0 bridgehead atoms. The molecule has 1 aromatic carbocycles. The molecule has 0 radical (unpaired) electrons. The maximum absolute atomic E-state index is 11.9. The van der Waals surface area contributed by atoms with Crippen molar-refractivity contribution >= 4 is 40.0 Å². The fourth-order valence-electron chi connectivity index (χ4n) is 1.75. The second kappa shape index (κ2) is 5.73. The van der Waals surface area contributed by atoms with Crippen LogP contribution in [-0.2, 0) is 4.79 Å². The highest BCUT2D eigenvalue weighted by molar-refractivity contribution is 8.27. The molecule has 1 atom stereocenters. The summed E-state index contributed by atoms with van der Waals surface area (Å²) < 4.78 is 11.0. The minimum Gasteiger partial charge on any atom is -0.493 e. The smallest absolute Gasteiger partial charge is 0.192 e. The Morgan fingerprint density at radius 1 is 1.37 bits per heavy atom. The minimum atomic E-state index is -0.692. The number of ether oxygens (including phenoxy) is 2. The van der Waals surface area contributed by atoms with Crippen molar-refractivity contribution in [2.45, 2.75) is 6.04 Å². The first-order valence-electron chi connectivity index (χ1n) is 5.52. The summed E-state index contributed by atoms with van der Waals surface area (Å²) in [6.45, 7) is 0. The minimum absolute atomic E-state index is 0.153. The van der Waals surface area contributed by atoms with E-state index in [4.69, 9.17) is 27.4 Å². The van der Waals surface area contributed by atoms with Crippen LogP contribution in [0.15, 0.2) is 23.1 Å². The highest BCUT2D eigenvalue weighted by atomic mass is 32.2. The number of benzene rings is 1. The highest BCUT2D eigenvalue weighted by Crippen LogP contribution is 2.36. The third kappa shape index (κ3) is 2.65. The van der Waals surface area contributed by atoms with E-state index in [0.29, 0.717) is 20.6 Å². The third-order valence-corrected chi connectivity index (χ3v) is 4.21. The van der Waals surface area contributed by atoms with Crippen LogP contribution in [0.1, 0.15) is 5.56 Å². The van der Waals surface area contributed by atoms with Crippen molar-refractivity contribution in [3.8, 4) is 11.5 Å². The van der Waals surface area contributed by atoms with Crippen LogP contribution < -0.4 is 15.2 Å². The molecule has 1 unspecified atom stereocenters. The van der Waals surface area contributed by atoms with E-state index in [9.17, 15) is 4.79 Å². The number of Topliss-reactive ketones (excluding diaryl/α,β-unsaturated/α-hetero) is 1. The number of methoxy groups -OCH3 is 2. The van der Waals surface area contributed by atoms with Crippen molar-refractivity contribution in [3.05, 3.63) is 28.7 Å². The first-order valence-corrected chi connectivity index (χ1v) is 6.75. The Bertz CT molecular complexity index is 569. The van der Waals surface area contributed by atoms with Crippen LogP contribution >= 0.6 is 24.0 Å². The summed E-state index contributed by atoms with van der Waals surface area (Å²) in [6.07, 6.45) is 1.73. The number of hydrogen-bond donors (Lipinski definition) is 1. The molecule has 1 heterocycles. The average molecular weight is 295 g/mol. The number of para-hydroxylation sites is 1. The molecule has 1 fully saturated rings. The first-order chi connectivity index (χ1) is 9.08. The van der Waals surface area contributed by atoms with E-state index in [0.717, 1.165) is 5.56 Å². The lowest BCUT2D eigenvalue weighted by Gasteiger charge is -2.10. The van der Waals surface area contributed by atoms with Gasteiger partial charge in [-0.25, -0.2) is 0 Å². The van der Waals surface area contributed by atoms with Gasteiger partial charge in [0.1, 0.15) is 6.04 Å². The van der Waals surface area contributed by atoms with E-state index in [1.807, 2.05) is 12.1 Å². The van der Waals surface area contributed by atoms with Gasteiger partial charge in [0.15, 0.2) is 17.3 Å². The molecule has 0 aromatic heterocycles. The number of thioether (sulfide) groups is 1. The molecule has 100 valence electrons.